The maximum absolute atomic E-state index is 6.34. The number of fused-ring (bicyclic) bond motifs is 1. The molecule has 2 N–H and O–H groups in total. The van der Waals surface area contributed by atoms with Gasteiger partial charge in [-0.1, -0.05) is 29.3 Å². The van der Waals surface area contributed by atoms with Crippen LogP contribution in [0.25, 0.3) is 5.69 Å². The van der Waals surface area contributed by atoms with Crippen LogP contribution in [0.1, 0.15) is 35.8 Å². The summed E-state index contributed by atoms with van der Waals surface area (Å²) in [6.45, 7) is 2.07. The molecular formula is C15H16Cl2N2. The third kappa shape index (κ3) is 2.08. The number of aryl methyl sites for hydroxylation is 1. The number of nitrogens with two attached hydrogens (primary N) is 1. The molecule has 1 aromatic heterocycles. The van der Waals surface area contributed by atoms with Crippen molar-refractivity contribution in [2.24, 2.45) is 5.73 Å². The van der Waals surface area contributed by atoms with E-state index < -0.39 is 0 Å². The highest BCUT2D eigenvalue weighted by atomic mass is 35.5. The predicted octanol–water partition coefficient (Wildman–Crippen LogP) is 4.43. The summed E-state index contributed by atoms with van der Waals surface area (Å²) in [6.07, 6.45) is 3.19. The number of hydrogen-bond acceptors (Lipinski definition) is 1. The highest BCUT2D eigenvalue weighted by Crippen LogP contribution is 2.37. The molecule has 4 heteroatoms. The van der Waals surface area contributed by atoms with E-state index in [-0.39, 0.29) is 6.04 Å². The lowest BCUT2D eigenvalue weighted by atomic mass is 9.93. The quantitative estimate of drug-likeness (QED) is 0.829. The van der Waals surface area contributed by atoms with Crippen molar-refractivity contribution in [1.82, 2.24) is 4.57 Å². The molecule has 0 bridgehead atoms. The summed E-state index contributed by atoms with van der Waals surface area (Å²) in [5.74, 6) is 0. The van der Waals surface area contributed by atoms with Gasteiger partial charge in [0.15, 0.2) is 0 Å². The Labute approximate surface area is 123 Å². The van der Waals surface area contributed by atoms with Gasteiger partial charge < -0.3 is 10.3 Å². The first-order chi connectivity index (χ1) is 9.09. The van der Waals surface area contributed by atoms with Gasteiger partial charge in [0.1, 0.15) is 0 Å². The lowest BCUT2D eigenvalue weighted by molar-refractivity contribution is 0.560. The average Bonchev–Trinajstić information content (AvgIpc) is 2.68. The van der Waals surface area contributed by atoms with E-state index in [4.69, 9.17) is 28.9 Å². The van der Waals surface area contributed by atoms with Gasteiger partial charge in [-0.15, -0.1) is 0 Å². The topological polar surface area (TPSA) is 30.9 Å². The molecule has 1 atom stereocenters. The molecule has 0 amide bonds. The first-order valence-corrected chi connectivity index (χ1v) is 7.26. The Kier molecular flexibility index (Phi) is 3.34. The van der Waals surface area contributed by atoms with E-state index in [2.05, 4.69) is 17.6 Å². The Morgan fingerprint density at radius 1 is 1.26 bits per heavy atom. The minimum atomic E-state index is 0.130. The molecule has 0 spiro atoms. The SMILES string of the molecule is Cc1cc2c(n1-c1c(Cl)cccc1Cl)CCCC2N. The van der Waals surface area contributed by atoms with Gasteiger partial charge in [0.05, 0.1) is 15.7 Å². The van der Waals surface area contributed by atoms with Crippen LogP contribution in [-0.2, 0) is 6.42 Å². The monoisotopic (exact) mass is 294 g/mol. The lowest BCUT2D eigenvalue weighted by Crippen LogP contribution is -2.18. The van der Waals surface area contributed by atoms with Crippen molar-refractivity contribution < 1.29 is 0 Å². The maximum Gasteiger partial charge on any atom is 0.0830 e. The van der Waals surface area contributed by atoms with Crippen molar-refractivity contribution in [2.45, 2.75) is 32.2 Å². The number of nitrogens with zero attached hydrogens (tertiary/aromatic N) is 1. The summed E-state index contributed by atoms with van der Waals surface area (Å²) >= 11 is 12.7. The second kappa shape index (κ2) is 4.86. The average molecular weight is 295 g/mol. The molecular weight excluding hydrogens is 279 g/mol. The van der Waals surface area contributed by atoms with Crippen molar-refractivity contribution in [3.05, 3.63) is 51.3 Å². The van der Waals surface area contributed by atoms with Gasteiger partial charge in [0.25, 0.3) is 0 Å². The van der Waals surface area contributed by atoms with Gasteiger partial charge in [0.2, 0.25) is 0 Å². The van der Waals surface area contributed by atoms with E-state index >= 15 is 0 Å². The third-order valence-electron chi connectivity index (χ3n) is 3.81. The molecule has 0 saturated carbocycles. The molecule has 100 valence electrons. The van der Waals surface area contributed by atoms with Crippen LogP contribution >= 0.6 is 23.2 Å². The molecule has 1 unspecified atom stereocenters. The summed E-state index contributed by atoms with van der Waals surface area (Å²) in [5.41, 5.74) is 10.7. The van der Waals surface area contributed by atoms with E-state index in [0.29, 0.717) is 10.0 Å². The van der Waals surface area contributed by atoms with E-state index in [9.17, 15) is 0 Å². The Morgan fingerprint density at radius 2 is 1.95 bits per heavy atom. The molecule has 1 aliphatic rings. The normalized spacial score (nSPS) is 18.4. The zero-order valence-electron chi connectivity index (χ0n) is 10.8. The van der Waals surface area contributed by atoms with Crippen LogP contribution in [0.3, 0.4) is 0 Å². The van der Waals surface area contributed by atoms with Gasteiger partial charge >= 0.3 is 0 Å². The summed E-state index contributed by atoms with van der Waals surface area (Å²) < 4.78 is 2.17. The van der Waals surface area contributed by atoms with Crippen molar-refractivity contribution in [2.75, 3.05) is 0 Å². The van der Waals surface area contributed by atoms with Crippen LogP contribution in [0, 0.1) is 6.92 Å². The second-order valence-corrected chi connectivity index (χ2v) is 5.91. The van der Waals surface area contributed by atoms with Gasteiger partial charge in [0, 0.05) is 17.4 Å². The Hall–Kier alpha value is -0.960. The molecule has 2 nitrogen and oxygen atoms in total. The highest BCUT2D eigenvalue weighted by Gasteiger charge is 2.24. The first kappa shape index (κ1) is 13.0. The summed E-state index contributed by atoms with van der Waals surface area (Å²) in [7, 11) is 0. The van der Waals surface area contributed by atoms with Gasteiger partial charge in [-0.05, 0) is 49.9 Å². The molecule has 0 radical (unpaired) electrons. The first-order valence-electron chi connectivity index (χ1n) is 6.50. The van der Waals surface area contributed by atoms with E-state index in [0.717, 1.165) is 30.6 Å². The van der Waals surface area contributed by atoms with Crippen LogP contribution in [0.4, 0.5) is 0 Å². The summed E-state index contributed by atoms with van der Waals surface area (Å²) in [6, 6.07) is 7.91. The smallest absolute Gasteiger partial charge is 0.0830 e. The Morgan fingerprint density at radius 3 is 2.63 bits per heavy atom. The number of rotatable bonds is 1. The minimum absolute atomic E-state index is 0.130. The van der Waals surface area contributed by atoms with Crippen LogP contribution < -0.4 is 5.73 Å². The molecule has 2 aromatic rings. The summed E-state index contributed by atoms with van der Waals surface area (Å²) in [4.78, 5) is 0. The largest absolute Gasteiger partial charge is 0.324 e. The fourth-order valence-electron chi connectivity index (χ4n) is 2.95. The summed E-state index contributed by atoms with van der Waals surface area (Å²) in [5, 5.41) is 1.35. The zero-order valence-corrected chi connectivity index (χ0v) is 12.3. The van der Waals surface area contributed by atoms with E-state index in [1.54, 1.807) is 0 Å². The van der Waals surface area contributed by atoms with E-state index in [1.165, 1.54) is 11.3 Å². The Balaban J connectivity index is 2.26. The van der Waals surface area contributed by atoms with Gasteiger partial charge in [-0.25, -0.2) is 0 Å². The molecule has 1 aromatic carbocycles. The van der Waals surface area contributed by atoms with Crippen LogP contribution in [0.2, 0.25) is 10.0 Å². The number of aromatic nitrogens is 1. The molecule has 1 heterocycles. The molecule has 19 heavy (non-hydrogen) atoms. The number of para-hydroxylation sites is 1. The van der Waals surface area contributed by atoms with Crippen molar-refractivity contribution in [1.29, 1.82) is 0 Å². The number of halogens is 2. The molecule has 0 saturated heterocycles. The van der Waals surface area contributed by atoms with Crippen LogP contribution in [0.15, 0.2) is 24.3 Å². The van der Waals surface area contributed by atoms with Gasteiger partial charge in [-0.3, -0.25) is 0 Å². The Bertz CT molecular complexity index is 611. The third-order valence-corrected chi connectivity index (χ3v) is 4.42. The van der Waals surface area contributed by atoms with Crippen molar-refractivity contribution in [3.63, 3.8) is 0 Å². The molecule has 3 rings (SSSR count). The fourth-order valence-corrected chi connectivity index (χ4v) is 3.52. The fraction of sp³-hybridized carbons (Fsp3) is 0.333. The van der Waals surface area contributed by atoms with Crippen LogP contribution in [-0.4, -0.2) is 4.57 Å². The van der Waals surface area contributed by atoms with Crippen molar-refractivity contribution in [3.8, 4) is 5.69 Å². The number of benzene rings is 1. The molecule has 1 aliphatic carbocycles. The van der Waals surface area contributed by atoms with Crippen LogP contribution in [0.5, 0.6) is 0 Å². The van der Waals surface area contributed by atoms with Gasteiger partial charge in [-0.2, -0.15) is 0 Å². The van der Waals surface area contributed by atoms with Crippen molar-refractivity contribution >= 4 is 23.2 Å². The van der Waals surface area contributed by atoms with E-state index in [1.807, 2.05) is 18.2 Å². The highest BCUT2D eigenvalue weighted by molar-refractivity contribution is 6.37. The predicted molar refractivity (Wildman–Crippen MR) is 80.4 cm³/mol. The lowest BCUT2D eigenvalue weighted by Gasteiger charge is -2.22. The number of hydrogen-bond donors (Lipinski definition) is 1. The maximum atomic E-state index is 6.34. The zero-order chi connectivity index (χ0) is 13.6. The molecule has 0 aliphatic heterocycles. The second-order valence-electron chi connectivity index (χ2n) is 5.09. The minimum Gasteiger partial charge on any atom is -0.324 e. The molecule has 0 fully saturated rings. The standard InChI is InChI=1S/C15H16Cl2N2/c1-9-8-10-13(18)6-3-7-14(10)19(9)15-11(16)4-2-5-12(15)17/h2,4-5,8,13H,3,6-7,18H2,1H3.